The third-order valence-corrected chi connectivity index (χ3v) is 8.22. The predicted molar refractivity (Wildman–Crippen MR) is 201 cm³/mol. The molecule has 49 heavy (non-hydrogen) atoms. The Kier molecular flexibility index (Phi) is 23.4. The van der Waals surface area contributed by atoms with Crippen LogP contribution in [0.2, 0.25) is 0 Å². The number of hydrogen-bond acceptors (Lipinski definition) is 8. The Morgan fingerprint density at radius 1 is 0.653 bits per heavy atom. The van der Waals surface area contributed by atoms with Crippen LogP contribution < -0.4 is 21.3 Å². The monoisotopic (exact) mass is 717 g/mol. The van der Waals surface area contributed by atoms with Gasteiger partial charge in [0.15, 0.2) is 0 Å². The molecule has 2 atom stereocenters. The summed E-state index contributed by atoms with van der Waals surface area (Å²) in [4.78, 5) is 50.1. The minimum Gasteiger partial charge on any atom is -0.383 e. The number of methoxy groups -OCH3 is 1. The molecule has 1 unspecified atom stereocenters. The summed E-state index contributed by atoms with van der Waals surface area (Å²) >= 11 is 4.56. The summed E-state index contributed by atoms with van der Waals surface area (Å²) in [7, 11) is 1.63. The van der Waals surface area contributed by atoms with E-state index in [-0.39, 0.29) is 44.6 Å². The average Bonchev–Trinajstić information content (AvgIpc) is 2.99. The first-order chi connectivity index (χ1) is 22.8. The molecule has 0 bridgehead atoms. The van der Waals surface area contributed by atoms with Crippen molar-refractivity contribution in [1.29, 1.82) is 0 Å². The van der Waals surface area contributed by atoms with Gasteiger partial charge in [0, 0.05) is 56.8 Å². The van der Waals surface area contributed by atoms with Crippen LogP contribution in [-0.2, 0) is 33.4 Å². The summed E-state index contributed by atoms with van der Waals surface area (Å²) in [6.07, 6.45) is 6.84. The number of hydrogen-bond donors (Lipinski definition) is 5. The third kappa shape index (κ3) is 25.7. The highest BCUT2D eigenvalue weighted by molar-refractivity contribution is 7.81. The van der Waals surface area contributed by atoms with Crippen LogP contribution in [0.1, 0.15) is 127 Å². The van der Waals surface area contributed by atoms with Crippen LogP contribution in [-0.4, -0.2) is 94.2 Å². The molecule has 288 valence electrons. The number of amides is 4. The maximum Gasteiger partial charge on any atom is 0.242 e. The molecule has 0 saturated heterocycles. The lowest BCUT2D eigenvalue weighted by Gasteiger charge is -2.30. The molecule has 0 rings (SSSR count). The van der Waals surface area contributed by atoms with E-state index in [9.17, 15) is 19.2 Å². The van der Waals surface area contributed by atoms with E-state index in [0.717, 1.165) is 38.5 Å². The smallest absolute Gasteiger partial charge is 0.242 e. The van der Waals surface area contributed by atoms with Gasteiger partial charge in [0.05, 0.1) is 37.8 Å². The summed E-state index contributed by atoms with van der Waals surface area (Å²) in [5.41, 5.74) is -0.864. The Morgan fingerprint density at radius 3 is 1.84 bits per heavy atom. The van der Waals surface area contributed by atoms with Crippen molar-refractivity contribution in [2.24, 2.45) is 16.2 Å². The van der Waals surface area contributed by atoms with E-state index in [2.05, 4.69) is 40.8 Å². The van der Waals surface area contributed by atoms with Crippen LogP contribution in [0, 0.1) is 16.2 Å². The first-order valence-electron chi connectivity index (χ1n) is 18.2. The van der Waals surface area contributed by atoms with E-state index >= 15 is 0 Å². The zero-order valence-corrected chi connectivity index (χ0v) is 33.5. The first-order valence-corrected chi connectivity index (χ1v) is 18.7. The summed E-state index contributed by atoms with van der Waals surface area (Å²) < 4.78 is 16.6. The zero-order valence-electron chi connectivity index (χ0n) is 32.6. The molecule has 4 amide bonds. The summed E-state index contributed by atoms with van der Waals surface area (Å²) in [6.45, 7) is 21.8. The molecular weight excluding hydrogens is 644 g/mol. The standard InChI is InChI=1S/C37H72N4O7S/c1-11-13-15-19-31(43)41-29(33(45)40-23-36(7,8)26-47-25-35(5,6)22-39-30(42)12-2)18-16-14-17-20-38-32(44)21-34(3,4)24-48-28-37(9,49)27-46-10/h29,49H,11-28H2,1-10H3,(H,38,44)(H,39,42)(H,40,45)(H,41,43)/t29-,37?/m0/s1. The van der Waals surface area contributed by atoms with E-state index < -0.39 is 6.04 Å². The highest BCUT2D eigenvalue weighted by Crippen LogP contribution is 2.23. The minimum absolute atomic E-state index is 0.0171. The minimum atomic E-state index is -0.620. The van der Waals surface area contributed by atoms with Crippen molar-refractivity contribution >= 4 is 36.3 Å². The Morgan fingerprint density at radius 2 is 1.24 bits per heavy atom. The van der Waals surface area contributed by atoms with E-state index in [1.54, 1.807) is 7.11 Å². The Bertz CT molecular complexity index is 972. The quantitative estimate of drug-likeness (QED) is 0.0529. The van der Waals surface area contributed by atoms with Gasteiger partial charge in [-0.2, -0.15) is 12.6 Å². The Balaban J connectivity index is 4.78. The molecule has 0 fully saturated rings. The molecule has 0 aromatic carbocycles. The fourth-order valence-electron chi connectivity index (χ4n) is 5.02. The second kappa shape index (κ2) is 24.3. The molecule has 12 heteroatoms. The van der Waals surface area contributed by atoms with Gasteiger partial charge in [-0.3, -0.25) is 19.2 Å². The van der Waals surface area contributed by atoms with Crippen molar-refractivity contribution in [3.05, 3.63) is 0 Å². The van der Waals surface area contributed by atoms with Crippen LogP contribution in [0.25, 0.3) is 0 Å². The Labute approximate surface area is 303 Å². The maximum atomic E-state index is 13.3. The van der Waals surface area contributed by atoms with Gasteiger partial charge in [0.2, 0.25) is 23.6 Å². The van der Waals surface area contributed by atoms with Crippen molar-refractivity contribution in [1.82, 2.24) is 21.3 Å². The van der Waals surface area contributed by atoms with Crippen molar-refractivity contribution in [2.45, 2.75) is 137 Å². The van der Waals surface area contributed by atoms with Gasteiger partial charge in [-0.15, -0.1) is 0 Å². The molecule has 11 nitrogen and oxygen atoms in total. The zero-order chi connectivity index (χ0) is 37.6. The van der Waals surface area contributed by atoms with Crippen LogP contribution >= 0.6 is 12.6 Å². The van der Waals surface area contributed by atoms with Crippen LogP contribution in [0.5, 0.6) is 0 Å². The van der Waals surface area contributed by atoms with Gasteiger partial charge >= 0.3 is 0 Å². The number of nitrogens with one attached hydrogen (secondary N) is 4. The van der Waals surface area contributed by atoms with Crippen LogP contribution in [0.3, 0.4) is 0 Å². The third-order valence-electron chi connectivity index (χ3n) is 7.96. The molecule has 0 aliphatic heterocycles. The van der Waals surface area contributed by atoms with E-state index in [1.807, 2.05) is 55.4 Å². The summed E-state index contributed by atoms with van der Waals surface area (Å²) in [6, 6.07) is -0.620. The largest absolute Gasteiger partial charge is 0.383 e. The molecule has 4 N–H and O–H groups in total. The van der Waals surface area contributed by atoms with E-state index in [0.29, 0.717) is 78.4 Å². The van der Waals surface area contributed by atoms with Crippen molar-refractivity contribution in [3.8, 4) is 0 Å². The topological polar surface area (TPSA) is 144 Å². The number of carbonyl (C=O) groups excluding carboxylic acids is 4. The van der Waals surface area contributed by atoms with Gasteiger partial charge < -0.3 is 35.5 Å². The molecule has 0 spiro atoms. The molecule has 0 aliphatic carbocycles. The van der Waals surface area contributed by atoms with E-state index in [1.165, 1.54) is 0 Å². The lowest BCUT2D eigenvalue weighted by Crippen LogP contribution is -2.49. The Hall–Kier alpha value is -1.89. The van der Waals surface area contributed by atoms with E-state index in [4.69, 9.17) is 14.2 Å². The van der Waals surface area contributed by atoms with Gasteiger partial charge in [-0.25, -0.2) is 0 Å². The number of carbonyl (C=O) groups is 4. The molecule has 0 radical (unpaired) electrons. The lowest BCUT2D eigenvalue weighted by molar-refractivity contribution is -0.129. The average molecular weight is 717 g/mol. The highest BCUT2D eigenvalue weighted by Gasteiger charge is 2.27. The maximum absolute atomic E-state index is 13.3. The molecule has 0 aromatic rings. The predicted octanol–water partition coefficient (Wildman–Crippen LogP) is 5.21. The summed E-state index contributed by atoms with van der Waals surface area (Å²) in [5, 5.41) is 11.9. The van der Waals surface area contributed by atoms with Gasteiger partial charge in [0.25, 0.3) is 0 Å². The SMILES string of the molecule is CCCCCC(=O)N[C@@H](CCCCCNC(=O)CC(C)(C)COCC(C)(S)COC)C(=O)NCC(C)(C)COCC(C)(C)CNC(=O)CC. The number of thiol groups is 1. The fraction of sp³-hybridized carbons (Fsp3) is 0.892. The van der Waals surface area contributed by atoms with Crippen LogP contribution in [0.4, 0.5) is 0 Å². The summed E-state index contributed by atoms with van der Waals surface area (Å²) in [5.74, 6) is -0.305. The first kappa shape index (κ1) is 47.1. The number of ether oxygens (including phenoxy) is 3. The molecule has 0 heterocycles. The van der Waals surface area contributed by atoms with Crippen molar-refractivity contribution < 1.29 is 33.4 Å². The molecule has 0 aromatic heterocycles. The highest BCUT2D eigenvalue weighted by atomic mass is 32.1. The normalized spacial score (nSPS) is 14.1. The molecule has 0 aliphatic rings. The second-order valence-corrected chi connectivity index (χ2v) is 17.3. The van der Waals surface area contributed by atoms with Crippen molar-refractivity contribution in [3.63, 3.8) is 0 Å². The van der Waals surface area contributed by atoms with Crippen LogP contribution in [0.15, 0.2) is 0 Å². The second-order valence-electron chi connectivity index (χ2n) is 16.2. The van der Waals surface area contributed by atoms with Crippen molar-refractivity contribution in [2.75, 3.05) is 59.8 Å². The number of unbranched alkanes of at least 4 members (excludes halogenated alkanes) is 4. The van der Waals surface area contributed by atoms with Gasteiger partial charge in [-0.05, 0) is 31.6 Å². The molecule has 0 saturated carbocycles. The number of rotatable bonds is 29. The fourth-order valence-corrected chi connectivity index (χ4v) is 5.24. The van der Waals surface area contributed by atoms with Gasteiger partial charge in [-0.1, -0.05) is 81.1 Å². The van der Waals surface area contributed by atoms with Gasteiger partial charge in [0.1, 0.15) is 6.04 Å². The lowest BCUT2D eigenvalue weighted by atomic mass is 9.90. The molecular formula is C37H72N4O7S.